The van der Waals surface area contributed by atoms with Crippen LogP contribution in [0.2, 0.25) is 0 Å². The van der Waals surface area contributed by atoms with Crippen molar-refractivity contribution in [2.24, 2.45) is 0 Å². The van der Waals surface area contributed by atoms with E-state index >= 15 is 0 Å². The van der Waals surface area contributed by atoms with Crippen LogP contribution in [0.1, 0.15) is 31.2 Å². The van der Waals surface area contributed by atoms with Crippen LogP contribution in [0, 0.1) is 0 Å². The Bertz CT molecular complexity index is 379. The zero-order chi connectivity index (χ0) is 14.9. The summed E-state index contributed by atoms with van der Waals surface area (Å²) in [5.41, 5.74) is 1.40. The molecule has 0 saturated carbocycles. The summed E-state index contributed by atoms with van der Waals surface area (Å²) in [6, 6.07) is 11.5. The van der Waals surface area contributed by atoms with Crippen molar-refractivity contribution in [2.45, 2.75) is 38.3 Å². The Morgan fingerprint density at radius 2 is 2.00 bits per heavy atom. The summed E-state index contributed by atoms with van der Waals surface area (Å²) in [6.45, 7) is 5.86. The van der Waals surface area contributed by atoms with E-state index in [1.807, 2.05) is 0 Å². The van der Waals surface area contributed by atoms with Crippen molar-refractivity contribution in [3.8, 4) is 0 Å². The SMILES string of the molecule is CN1CCCC(NCCCN(C)Cc2ccccc2)CC1. The molecule has 118 valence electrons. The lowest BCUT2D eigenvalue weighted by Gasteiger charge is -2.19. The van der Waals surface area contributed by atoms with E-state index in [0.717, 1.165) is 25.7 Å². The lowest BCUT2D eigenvalue weighted by atomic mass is 10.1. The number of hydrogen-bond acceptors (Lipinski definition) is 3. The van der Waals surface area contributed by atoms with Crippen molar-refractivity contribution in [1.82, 2.24) is 15.1 Å². The van der Waals surface area contributed by atoms with Gasteiger partial charge in [-0.1, -0.05) is 30.3 Å². The van der Waals surface area contributed by atoms with E-state index in [2.05, 4.69) is 59.5 Å². The van der Waals surface area contributed by atoms with Gasteiger partial charge in [0.15, 0.2) is 0 Å². The Balaban J connectivity index is 1.56. The van der Waals surface area contributed by atoms with Crippen LogP contribution >= 0.6 is 0 Å². The van der Waals surface area contributed by atoms with E-state index in [1.54, 1.807) is 0 Å². The van der Waals surface area contributed by atoms with Crippen LogP contribution in [0.5, 0.6) is 0 Å². The molecule has 1 aromatic carbocycles. The summed E-state index contributed by atoms with van der Waals surface area (Å²) < 4.78 is 0. The molecule has 3 nitrogen and oxygen atoms in total. The van der Waals surface area contributed by atoms with Crippen molar-refractivity contribution in [2.75, 3.05) is 40.3 Å². The number of benzene rings is 1. The number of rotatable bonds is 7. The van der Waals surface area contributed by atoms with Gasteiger partial charge in [0.1, 0.15) is 0 Å². The maximum absolute atomic E-state index is 3.75. The van der Waals surface area contributed by atoms with Crippen molar-refractivity contribution in [3.05, 3.63) is 35.9 Å². The van der Waals surface area contributed by atoms with E-state index in [-0.39, 0.29) is 0 Å². The summed E-state index contributed by atoms with van der Waals surface area (Å²) in [5.74, 6) is 0. The van der Waals surface area contributed by atoms with E-state index in [4.69, 9.17) is 0 Å². The van der Waals surface area contributed by atoms with Crippen LogP contribution in [-0.4, -0.2) is 56.1 Å². The van der Waals surface area contributed by atoms with E-state index in [0.29, 0.717) is 0 Å². The maximum atomic E-state index is 3.75. The van der Waals surface area contributed by atoms with Gasteiger partial charge in [0, 0.05) is 12.6 Å². The van der Waals surface area contributed by atoms with E-state index in [1.165, 1.54) is 44.3 Å². The molecular formula is C18H31N3. The highest BCUT2D eigenvalue weighted by molar-refractivity contribution is 5.14. The van der Waals surface area contributed by atoms with Gasteiger partial charge in [-0.05, 0) is 71.5 Å². The van der Waals surface area contributed by atoms with Gasteiger partial charge in [0.2, 0.25) is 0 Å². The number of likely N-dealkylation sites (tertiary alicyclic amines) is 1. The Kier molecular flexibility index (Phi) is 7.20. The monoisotopic (exact) mass is 289 g/mol. The second-order valence-electron chi connectivity index (χ2n) is 6.46. The Morgan fingerprint density at radius 1 is 1.19 bits per heavy atom. The van der Waals surface area contributed by atoms with Crippen LogP contribution in [0.3, 0.4) is 0 Å². The molecule has 3 heteroatoms. The second kappa shape index (κ2) is 9.19. The van der Waals surface area contributed by atoms with Crippen molar-refractivity contribution in [1.29, 1.82) is 0 Å². The highest BCUT2D eigenvalue weighted by atomic mass is 15.1. The normalized spacial score (nSPS) is 20.6. The topological polar surface area (TPSA) is 18.5 Å². The summed E-state index contributed by atoms with van der Waals surface area (Å²) in [5, 5.41) is 3.75. The molecule has 1 aromatic rings. The third-order valence-electron chi connectivity index (χ3n) is 4.40. The molecule has 2 rings (SSSR count). The van der Waals surface area contributed by atoms with Gasteiger partial charge in [0.25, 0.3) is 0 Å². The average molecular weight is 289 g/mol. The molecule has 1 fully saturated rings. The smallest absolute Gasteiger partial charge is 0.0230 e. The molecule has 0 spiro atoms. The predicted molar refractivity (Wildman–Crippen MR) is 90.5 cm³/mol. The molecule has 0 bridgehead atoms. The highest BCUT2D eigenvalue weighted by Gasteiger charge is 2.13. The molecule has 0 radical (unpaired) electrons. The van der Waals surface area contributed by atoms with Crippen LogP contribution in [0.15, 0.2) is 30.3 Å². The minimum Gasteiger partial charge on any atom is -0.314 e. The van der Waals surface area contributed by atoms with Crippen LogP contribution in [0.4, 0.5) is 0 Å². The Morgan fingerprint density at radius 3 is 2.81 bits per heavy atom. The largest absolute Gasteiger partial charge is 0.314 e. The first kappa shape index (κ1) is 16.5. The minimum absolute atomic E-state index is 0.731. The van der Waals surface area contributed by atoms with E-state index in [9.17, 15) is 0 Å². The summed E-state index contributed by atoms with van der Waals surface area (Å²) in [4.78, 5) is 4.87. The summed E-state index contributed by atoms with van der Waals surface area (Å²) >= 11 is 0. The average Bonchev–Trinajstić information content (AvgIpc) is 2.69. The quantitative estimate of drug-likeness (QED) is 0.778. The molecule has 0 aliphatic carbocycles. The third-order valence-corrected chi connectivity index (χ3v) is 4.40. The fourth-order valence-electron chi connectivity index (χ4n) is 3.07. The molecule has 1 aliphatic heterocycles. The molecule has 21 heavy (non-hydrogen) atoms. The van der Waals surface area contributed by atoms with Crippen molar-refractivity contribution < 1.29 is 0 Å². The molecule has 0 aromatic heterocycles. The molecule has 1 saturated heterocycles. The molecule has 1 heterocycles. The number of nitrogens with zero attached hydrogens (tertiary/aromatic N) is 2. The van der Waals surface area contributed by atoms with Gasteiger partial charge >= 0.3 is 0 Å². The van der Waals surface area contributed by atoms with Crippen molar-refractivity contribution in [3.63, 3.8) is 0 Å². The third kappa shape index (κ3) is 6.60. The minimum atomic E-state index is 0.731. The standard InChI is InChI=1S/C18H31N3/c1-20-13-6-10-18(11-15-20)19-12-7-14-21(2)16-17-8-4-3-5-9-17/h3-5,8-9,18-19H,6-7,10-16H2,1-2H3. The van der Waals surface area contributed by atoms with Crippen LogP contribution in [0.25, 0.3) is 0 Å². The second-order valence-corrected chi connectivity index (χ2v) is 6.46. The summed E-state index contributed by atoms with van der Waals surface area (Å²) in [7, 11) is 4.45. The zero-order valence-corrected chi connectivity index (χ0v) is 13.7. The molecule has 1 atom stereocenters. The molecule has 1 N–H and O–H groups in total. The number of hydrogen-bond donors (Lipinski definition) is 1. The van der Waals surface area contributed by atoms with Crippen LogP contribution in [-0.2, 0) is 6.54 Å². The lowest BCUT2D eigenvalue weighted by Crippen LogP contribution is -2.32. The molecular weight excluding hydrogens is 258 g/mol. The van der Waals surface area contributed by atoms with Gasteiger partial charge in [-0.25, -0.2) is 0 Å². The van der Waals surface area contributed by atoms with Gasteiger partial charge in [-0.2, -0.15) is 0 Å². The van der Waals surface area contributed by atoms with Gasteiger partial charge in [0.05, 0.1) is 0 Å². The fraction of sp³-hybridized carbons (Fsp3) is 0.667. The lowest BCUT2D eigenvalue weighted by molar-refractivity contribution is 0.313. The zero-order valence-electron chi connectivity index (χ0n) is 13.7. The molecule has 1 unspecified atom stereocenters. The molecule has 1 aliphatic rings. The van der Waals surface area contributed by atoms with Gasteiger partial charge < -0.3 is 15.1 Å². The first-order valence-electron chi connectivity index (χ1n) is 8.38. The maximum Gasteiger partial charge on any atom is 0.0230 e. The number of nitrogens with one attached hydrogen (secondary N) is 1. The summed E-state index contributed by atoms with van der Waals surface area (Å²) in [6.07, 6.45) is 5.21. The van der Waals surface area contributed by atoms with Gasteiger partial charge in [-0.3, -0.25) is 0 Å². The highest BCUT2D eigenvalue weighted by Crippen LogP contribution is 2.09. The predicted octanol–water partition coefficient (Wildman–Crippen LogP) is 2.58. The van der Waals surface area contributed by atoms with Crippen molar-refractivity contribution >= 4 is 0 Å². The van der Waals surface area contributed by atoms with Crippen LogP contribution < -0.4 is 5.32 Å². The first-order valence-corrected chi connectivity index (χ1v) is 8.38. The fourth-order valence-corrected chi connectivity index (χ4v) is 3.07. The first-order chi connectivity index (χ1) is 10.2. The Hall–Kier alpha value is -0.900. The Labute approximate surface area is 130 Å². The molecule has 0 amide bonds. The van der Waals surface area contributed by atoms with Gasteiger partial charge in [-0.15, -0.1) is 0 Å². The van der Waals surface area contributed by atoms with E-state index < -0.39 is 0 Å².